The van der Waals surface area contributed by atoms with Gasteiger partial charge >= 0.3 is 5.76 Å². The van der Waals surface area contributed by atoms with Crippen molar-refractivity contribution in [1.29, 1.82) is 0 Å². The number of H-pyrrole nitrogens is 1. The minimum absolute atomic E-state index is 0.129. The Kier molecular flexibility index (Phi) is 7.08. The number of benzene rings is 2. The minimum Gasteiger partial charge on any atom is -0.388 e. The van der Waals surface area contributed by atoms with Gasteiger partial charge in [0.05, 0.1) is 24.2 Å². The van der Waals surface area contributed by atoms with Crippen LogP contribution in [0.4, 0.5) is 0 Å². The quantitative estimate of drug-likeness (QED) is 0.264. The predicted octanol–water partition coefficient (Wildman–Crippen LogP) is 2.28. The molecule has 0 unspecified atom stereocenters. The van der Waals surface area contributed by atoms with Gasteiger partial charge in [0, 0.05) is 49.4 Å². The molecule has 0 atom stereocenters. The number of aliphatic hydroxyl groups is 1. The molecule has 212 valence electrons. The summed E-state index contributed by atoms with van der Waals surface area (Å²) < 4.78 is 8.11. The first-order chi connectivity index (χ1) is 19.7. The van der Waals surface area contributed by atoms with E-state index in [1.54, 1.807) is 23.9 Å². The van der Waals surface area contributed by atoms with Gasteiger partial charge in [-0.2, -0.15) is 5.10 Å². The number of hydrogen-bond acceptors (Lipinski definition) is 9. The third kappa shape index (κ3) is 5.34. The second-order valence-corrected chi connectivity index (χ2v) is 10.9. The number of likely N-dealkylation sites (tertiary alicyclic amines) is 1. The molecule has 4 N–H and O–H groups in total. The number of halogens is 1. The molecule has 4 heterocycles. The van der Waals surface area contributed by atoms with E-state index in [0.717, 1.165) is 22.4 Å². The van der Waals surface area contributed by atoms with E-state index < -0.39 is 11.4 Å². The predicted molar refractivity (Wildman–Crippen MR) is 153 cm³/mol. The van der Waals surface area contributed by atoms with Crippen LogP contribution >= 0.6 is 11.6 Å². The van der Waals surface area contributed by atoms with E-state index in [0.29, 0.717) is 55.1 Å². The molecule has 3 aromatic heterocycles. The highest BCUT2D eigenvalue weighted by molar-refractivity contribution is 6.31. The maximum absolute atomic E-state index is 13.4. The molecule has 0 amide bonds. The number of hydrogen-bond donors (Lipinski definition) is 3. The van der Waals surface area contributed by atoms with E-state index in [2.05, 4.69) is 25.2 Å². The molecule has 0 aliphatic carbocycles. The van der Waals surface area contributed by atoms with E-state index in [1.807, 2.05) is 30.3 Å². The van der Waals surface area contributed by atoms with Crippen molar-refractivity contribution in [2.75, 3.05) is 13.1 Å². The Labute approximate surface area is 239 Å². The maximum atomic E-state index is 13.4. The van der Waals surface area contributed by atoms with Gasteiger partial charge in [-0.15, -0.1) is 5.10 Å². The van der Waals surface area contributed by atoms with Gasteiger partial charge in [-0.1, -0.05) is 41.9 Å². The van der Waals surface area contributed by atoms with Gasteiger partial charge in [0.15, 0.2) is 5.52 Å². The second-order valence-electron chi connectivity index (χ2n) is 10.5. The van der Waals surface area contributed by atoms with Crippen LogP contribution in [0.5, 0.6) is 0 Å². The number of aromatic nitrogens is 6. The molecule has 0 spiro atoms. The summed E-state index contributed by atoms with van der Waals surface area (Å²) in [7, 11) is 1.79. The Morgan fingerprint density at radius 3 is 2.49 bits per heavy atom. The van der Waals surface area contributed by atoms with Crippen molar-refractivity contribution >= 4 is 22.6 Å². The molecule has 1 saturated heterocycles. The number of nitrogens with two attached hydrogens (primary N) is 1. The highest BCUT2D eigenvalue weighted by atomic mass is 35.5. The van der Waals surface area contributed by atoms with E-state index in [-0.39, 0.29) is 23.5 Å². The van der Waals surface area contributed by atoms with Crippen LogP contribution in [0.15, 0.2) is 62.8 Å². The average molecular weight is 577 g/mol. The van der Waals surface area contributed by atoms with Crippen LogP contribution in [-0.2, 0) is 26.7 Å². The Bertz CT molecular complexity index is 1830. The Hall–Kier alpha value is -4.10. The number of rotatable bonds is 7. The van der Waals surface area contributed by atoms with E-state index >= 15 is 0 Å². The number of aryl methyl sites for hydroxylation is 1. The molecule has 41 heavy (non-hydrogen) atoms. The number of nitrogens with zero attached hydrogens (tertiary/aromatic N) is 6. The topological polar surface area (TPSA) is 161 Å². The van der Waals surface area contributed by atoms with Crippen molar-refractivity contribution < 1.29 is 9.52 Å². The Morgan fingerprint density at radius 2 is 1.83 bits per heavy atom. The van der Waals surface area contributed by atoms with Crippen LogP contribution in [0.25, 0.3) is 33.7 Å². The first kappa shape index (κ1) is 27.1. The van der Waals surface area contributed by atoms with E-state index in [1.165, 1.54) is 10.9 Å². The lowest BCUT2D eigenvalue weighted by Crippen LogP contribution is -2.47. The maximum Gasteiger partial charge on any atom is 0.434 e. The zero-order valence-electron chi connectivity index (χ0n) is 22.4. The molecule has 13 heteroatoms. The monoisotopic (exact) mass is 576 g/mol. The summed E-state index contributed by atoms with van der Waals surface area (Å²) in [5.41, 5.74) is 9.33. The van der Waals surface area contributed by atoms with Crippen molar-refractivity contribution in [3.05, 3.63) is 85.8 Å². The molecule has 6 rings (SSSR count). The van der Waals surface area contributed by atoms with Gasteiger partial charge in [-0.05, 0) is 36.1 Å². The van der Waals surface area contributed by atoms with Crippen molar-refractivity contribution in [2.45, 2.75) is 38.1 Å². The smallest absolute Gasteiger partial charge is 0.388 e. The molecule has 1 aliphatic rings. The van der Waals surface area contributed by atoms with Crippen LogP contribution in [-0.4, -0.2) is 58.2 Å². The van der Waals surface area contributed by atoms with E-state index in [4.69, 9.17) is 21.8 Å². The SMILES string of the molecule is Cn1nc2c(=O)n(CC3(O)CCN(Cc4ccc(-c5n[nH]c(=O)o5)cc4Cl)CC3)cnc2c1-c1ccc(CN)cc1. The summed E-state index contributed by atoms with van der Waals surface area (Å²) >= 11 is 6.51. The first-order valence-electron chi connectivity index (χ1n) is 13.2. The lowest BCUT2D eigenvalue weighted by atomic mass is 9.91. The van der Waals surface area contributed by atoms with Gasteiger partial charge in [0.1, 0.15) is 5.52 Å². The summed E-state index contributed by atoms with van der Waals surface area (Å²) in [6, 6.07) is 13.2. The molecule has 12 nitrogen and oxygen atoms in total. The molecular formula is C28H29ClN8O4. The molecule has 2 aromatic carbocycles. The normalized spacial score (nSPS) is 15.5. The zero-order valence-corrected chi connectivity index (χ0v) is 23.1. The van der Waals surface area contributed by atoms with Crippen molar-refractivity contribution in [3.63, 3.8) is 0 Å². The standard InChI is InChI=1S/C28H29ClN8O4/c1-35-24(18-4-2-17(13-30)3-5-18)22-23(34-35)26(38)37(16-31-22)15-28(40)8-10-36(11-9-28)14-20-7-6-19(12-21(20)29)25-32-33-27(39)41-25/h2-7,12,16,40H,8-11,13-15,30H2,1H3,(H,33,39). The third-order valence-corrected chi connectivity index (χ3v) is 8.01. The molecule has 1 aliphatic heterocycles. The van der Waals surface area contributed by atoms with Gasteiger partial charge in [-0.3, -0.25) is 18.9 Å². The van der Waals surface area contributed by atoms with Crippen LogP contribution in [0.1, 0.15) is 24.0 Å². The van der Waals surface area contributed by atoms with Gasteiger partial charge in [0.25, 0.3) is 5.56 Å². The molecule has 0 bridgehead atoms. The summed E-state index contributed by atoms with van der Waals surface area (Å²) in [5, 5.41) is 22.5. The molecule has 1 fully saturated rings. The van der Waals surface area contributed by atoms with Crippen LogP contribution in [0.3, 0.4) is 0 Å². The van der Waals surface area contributed by atoms with E-state index in [9.17, 15) is 14.7 Å². The fourth-order valence-corrected chi connectivity index (χ4v) is 5.58. The summed E-state index contributed by atoms with van der Waals surface area (Å²) in [6.07, 6.45) is 2.45. The first-order valence-corrected chi connectivity index (χ1v) is 13.6. The number of nitrogens with one attached hydrogen (secondary N) is 1. The summed E-state index contributed by atoms with van der Waals surface area (Å²) in [4.78, 5) is 31.4. The Morgan fingerprint density at radius 1 is 1.10 bits per heavy atom. The molecule has 0 saturated carbocycles. The Balaban J connectivity index is 1.14. The van der Waals surface area contributed by atoms with Crippen LogP contribution in [0.2, 0.25) is 5.02 Å². The van der Waals surface area contributed by atoms with Gasteiger partial charge in [0.2, 0.25) is 5.89 Å². The molecule has 5 aromatic rings. The van der Waals surface area contributed by atoms with Gasteiger partial charge < -0.3 is 15.3 Å². The second kappa shape index (κ2) is 10.7. The largest absolute Gasteiger partial charge is 0.434 e. The fraction of sp³-hybridized carbons (Fsp3) is 0.321. The van der Waals surface area contributed by atoms with Crippen molar-refractivity contribution in [2.24, 2.45) is 12.8 Å². The summed E-state index contributed by atoms with van der Waals surface area (Å²) in [5.74, 6) is -0.449. The highest BCUT2D eigenvalue weighted by Crippen LogP contribution is 2.29. The highest BCUT2D eigenvalue weighted by Gasteiger charge is 2.33. The summed E-state index contributed by atoms with van der Waals surface area (Å²) in [6.45, 7) is 2.42. The number of aromatic amines is 1. The third-order valence-electron chi connectivity index (χ3n) is 7.66. The zero-order chi connectivity index (χ0) is 28.7. The molecular weight excluding hydrogens is 548 g/mol. The average Bonchev–Trinajstić information content (AvgIpc) is 3.55. The van der Waals surface area contributed by atoms with Crippen molar-refractivity contribution in [3.8, 4) is 22.7 Å². The fourth-order valence-electron chi connectivity index (χ4n) is 5.34. The lowest BCUT2D eigenvalue weighted by Gasteiger charge is -2.38. The van der Waals surface area contributed by atoms with Crippen molar-refractivity contribution in [1.82, 2.24) is 34.4 Å². The number of piperidine rings is 1. The molecule has 0 radical (unpaired) electrons. The minimum atomic E-state index is -1.06. The van der Waals surface area contributed by atoms with Gasteiger partial charge in [-0.25, -0.2) is 14.9 Å². The number of fused-ring (bicyclic) bond motifs is 1. The lowest BCUT2D eigenvalue weighted by molar-refractivity contribution is -0.0364. The van der Waals surface area contributed by atoms with Crippen LogP contribution in [0, 0.1) is 0 Å². The van der Waals surface area contributed by atoms with Crippen LogP contribution < -0.4 is 17.0 Å².